The van der Waals surface area contributed by atoms with Gasteiger partial charge in [-0.25, -0.2) is 0 Å². The van der Waals surface area contributed by atoms with Gasteiger partial charge in [0.1, 0.15) is 0 Å². The van der Waals surface area contributed by atoms with Crippen molar-refractivity contribution in [3.8, 4) is 47.4 Å². The maximum absolute atomic E-state index is 12.2. The first kappa shape index (κ1) is 59.2. The molecule has 0 heterocycles. The number of rotatable bonds is 45. The van der Waals surface area contributed by atoms with E-state index in [1.807, 2.05) is 0 Å². The van der Waals surface area contributed by atoms with Crippen LogP contribution in [0.3, 0.4) is 0 Å². The Morgan fingerprint density at radius 1 is 0.371 bits per heavy atom. The standard InChI is InChI=1S/C58H100N2O2/c1-3-5-7-9-11-13-15-17-19-21-23-25-27-29-31-33-35-37-39-41-45-49-53-57(59)62-56-52-48-44-43-47-51-55-60-58(61)54-50-46-42-40-38-36-34-32-30-28-26-24-22-20-18-16-14-12-10-8-6-4-2/h59H,3-24,33-56H2,1-2H3,(H,60,61). The summed E-state index contributed by atoms with van der Waals surface area (Å²) in [6.07, 6.45) is 53.5. The van der Waals surface area contributed by atoms with E-state index in [1.165, 1.54) is 186 Å². The van der Waals surface area contributed by atoms with Crippen molar-refractivity contribution in [2.45, 2.75) is 296 Å². The molecular weight excluding hydrogens is 757 g/mol. The maximum atomic E-state index is 12.2. The van der Waals surface area contributed by atoms with Gasteiger partial charge in [-0.2, -0.15) is 0 Å². The lowest BCUT2D eigenvalue weighted by Crippen LogP contribution is -2.23. The van der Waals surface area contributed by atoms with Crippen molar-refractivity contribution < 1.29 is 9.53 Å². The van der Waals surface area contributed by atoms with Crippen LogP contribution in [0.2, 0.25) is 0 Å². The molecule has 4 heteroatoms. The van der Waals surface area contributed by atoms with Crippen LogP contribution in [0.15, 0.2) is 0 Å². The minimum atomic E-state index is 0.210. The normalized spacial score (nSPS) is 10.4. The molecular formula is C58H100N2O2. The second-order valence-corrected chi connectivity index (χ2v) is 18.1. The Morgan fingerprint density at radius 3 is 1.03 bits per heavy atom. The number of carbonyl (C=O) groups excluding carboxylic acids is 1. The van der Waals surface area contributed by atoms with E-state index in [4.69, 9.17) is 10.1 Å². The molecule has 0 fully saturated rings. The van der Waals surface area contributed by atoms with E-state index in [2.05, 4.69) is 66.5 Å². The zero-order valence-electron chi connectivity index (χ0n) is 41.3. The van der Waals surface area contributed by atoms with Gasteiger partial charge in [0.2, 0.25) is 5.91 Å². The topological polar surface area (TPSA) is 62.2 Å². The third kappa shape index (κ3) is 53.3. The first-order valence-corrected chi connectivity index (χ1v) is 27.1. The van der Waals surface area contributed by atoms with Gasteiger partial charge in [0, 0.05) is 45.1 Å². The average molecular weight is 857 g/mol. The van der Waals surface area contributed by atoms with Crippen LogP contribution in [-0.2, 0) is 9.53 Å². The summed E-state index contributed by atoms with van der Waals surface area (Å²) in [4.78, 5) is 12.2. The van der Waals surface area contributed by atoms with Crippen LogP contribution in [0.25, 0.3) is 0 Å². The Hall–Kier alpha value is -2.82. The van der Waals surface area contributed by atoms with Gasteiger partial charge in [0.05, 0.1) is 6.61 Å². The number of hydrogen-bond acceptors (Lipinski definition) is 3. The molecule has 0 aromatic rings. The Bertz CT molecular complexity index is 1130. The molecule has 354 valence electrons. The van der Waals surface area contributed by atoms with Gasteiger partial charge in [0.15, 0.2) is 5.90 Å². The lowest BCUT2D eigenvalue weighted by molar-refractivity contribution is -0.121. The summed E-state index contributed by atoms with van der Waals surface area (Å²) in [5.41, 5.74) is 0. The van der Waals surface area contributed by atoms with Crippen LogP contribution in [0, 0.1) is 52.8 Å². The summed E-state index contributed by atoms with van der Waals surface area (Å²) in [5.74, 6) is 25.7. The quantitative estimate of drug-likeness (QED) is 0.0277. The molecule has 0 aliphatic rings. The van der Waals surface area contributed by atoms with E-state index in [-0.39, 0.29) is 5.91 Å². The number of carbonyl (C=O) groups is 1. The number of ether oxygens (including phenoxy) is 1. The van der Waals surface area contributed by atoms with Gasteiger partial charge in [-0.15, -0.1) is 0 Å². The summed E-state index contributed by atoms with van der Waals surface area (Å²) in [7, 11) is 0. The molecule has 0 atom stereocenters. The molecule has 2 N–H and O–H groups in total. The van der Waals surface area contributed by atoms with Crippen LogP contribution in [0.1, 0.15) is 296 Å². The average Bonchev–Trinajstić information content (AvgIpc) is 3.27. The molecule has 0 saturated heterocycles. The van der Waals surface area contributed by atoms with E-state index >= 15 is 0 Å². The summed E-state index contributed by atoms with van der Waals surface area (Å²) in [6, 6.07) is 0. The highest BCUT2D eigenvalue weighted by molar-refractivity contribution is 5.75. The Labute approximate surface area is 387 Å². The fraction of sp³-hybridized carbons (Fsp3) is 0.828. The van der Waals surface area contributed by atoms with Crippen LogP contribution in [0.4, 0.5) is 0 Å². The van der Waals surface area contributed by atoms with Crippen LogP contribution < -0.4 is 5.32 Å². The second kappa shape index (κ2) is 54.3. The number of unbranched alkanes of at least 4 members (excludes halogenated alkanes) is 37. The lowest BCUT2D eigenvalue weighted by Gasteiger charge is -2.08. The molecule has 0 saturated carbocycles. The smallest absolute Gasteiger partial charge is 0.219 e. The van der Waals surface area contributed by atoms with Gasteiger partial charge in [-0.05, 0) is 75.0 Å². The predicted molar refractivity (Wildman–Crippen MR) is 272 cm³/mol. The van der Waals surface area contributed by atoms with E-state index in [9.17, 15) is 4.79 Å². The minimum absolute atomic E-state index is 0.210. The summed E-state index contributed by atoms with van der Waals surface area (Å²) < 4.78 is 5.67. The lowest BCUT2D eigenvalue weighted by atomic mass is 10.1. The molecule has 4 nitrogen and oxygen atoms in total. The molecule has 0 aliphatic carbocycles. The molecule has 0 rings (SSSR count). The van der Waals surface area contributed by atoms with E-state index in [0.29, 0.717) is 18.9 Å². The van der Waals surface area contributed by atoms with Crippen molar-refractivity contribution in [1.29, 1.82) is 5.41 Å². The van der Waals surface area contributed by atoms with Gasteiger partial charge in [0.25, 0.3) is 0 Å². The Kier molecular flexibility index (Phi) is 51.8. The van der Waals surface area contributed by atoms with Crippen molar-refractivity contribution in [1.82, 2.24) is 5.32 Å². The van der Waals surface area contributed by atoms with Crippen molar-refractivity contribution in [3.05, 3.63) is 0 Å². The highest BCUT2D eigenvalue weighted by Gasteiger charge is 2.02. The Morgan fingerprint density at radius 2 is 0.661 bits per heavy atom. The van der Waals surface area contributed by atoms with Gasteiger partial charge in [-0.1, -0.05) is 230 Å². The van der Waals surface area contributed by atoms with E-state index in [0.717, 1.165) is 96.4 Å². The number of amides is 1. The van der Waals surface area contributed by atoms with E-state index < -0.39 is 0 Å². The number of hydrogen-bond donors (Lipinski definition) is 2. The largest absolute Gasteiger partial charge is 0.481 e. The first-order chi connectivity index (χ1) is 30.7. The molecule has 0 unspecified atom stereocenters. The predicted octanol–water partition coefficient (Wildman–Crippen LogP) is 17.3. The number of nitrogens with one attached hydrogen (secondary N) is 2. The van der Waals surface area contributed by atoms with Crippen molar-refractivity contribution in [2.24, 2.45) is 0 Å². The van der Waals surface area contributed by atoms with Crippen molar-refractivity contribution in [2.75, 3.05) is 13.2 Å². The molecule has 1 amide bonds. The van der Waals surface area contributed by atoms with E-state index in [1.54, 1.807) is 0 Å². The maximum Gasteiger partial charge on any atom is 0.219 e. The van der Waals surface area contributed by atoms with Gasteiger partial charge < -0.3 is 10.1 Å². The molecule has 0 bridgehead atoms. The van der Waals surface area contributed by atoms with Crippen LogP contribution in [0.5, 0.6) is 0 Å². The summed E-state index contributed by atoms with van der Waals surface area (Å²) >= 11 is 0. The van der Waals surface area contributed by atoms with Crippen LogP contribution in [-0.4, -0.2) is 25.0 Å². The molecule has 0 spiro atoms. The zero-order chi connectivity index (χ0) is 44.8. The monoisotopic (exact) mass is 857 g/mol. The third-order valence-corrected chi connectivity index (χ3v) is 11.9. The second-order valence-electron chi connectivity index (χ2n) is 18.1. The molecule has 0 aromatic heterocycles. The minimum Gasteiger partial charge on any atom is -0.481 e. The highest BCUT2D eigenvalue weighted by atomic mass is 16.5. The molecule has 0 radical (unpaired) electrons. The highest BCUT2D eigenvalue weighted by Crippen LogP contribution is 2.14. The third-order valence-electron chi connectivity index (χ3n) is 11.9. The van der Waals surface area contributed by atoms with Gasteiger partial charge in [-0.3, -0.25) is 10.2 Å². The molecule has 62 heavy (non-hydrogen) atoms. The fourth-order valence-corrected chi connectivity index (χ4v) is 7.76. The van der Waals surface area contributed by atoms with Crippen molar-refractivity contribution in [3.63, 3.8) is 0 Å². The SMILES string of the molecule is CCCCCCCCCCCCC#CC#CCCCCCCCCC(=N)OCCCCCCCCNC(=O)CCCCCCCCC#CC#CCCCCCCCCCCCC. The van der Waals surface area contributed by atoms with Crippen LogP contribution >= 0.6 is 0 Å². The summed E-state index contributed by atoms with van der Waals surface area (Å²) in [6.45, 7) is 6.03. The summed E-state index contributed by atoms with van der Waals surface area (Å²) in [5, 5.41) is 11.2. The first-order valence-electron chi connectivity index (χ1n) is 27.1. The fourth-order valence-electron chi connectivity index (χ4n) is 7.76. The van der Waals surface area contributed by atoms with Gasteiger partial charge >= 0.3 is 0 Å². The zero-order valence-corrected chi connectivity index (χ0v) is 41.3. The molecule has 0 aliphatic heterocycles. The molecule has 0 aromatic carbocycles. The van der Waals surface area contributed by atoms with Crippen molar-refractivity contribution >= 4 is 11.8 Å². The Balaban J connectivity index is 3.37.